The Kier molecular flexibility index (Phi) is 5.63. The summed E-state index contributed by atoms with van der Waals surface area (Å²) in [5, 5.41) is 0.248. The predicted octanol–water partition coefficient (Wildman–Crippen LogP) is 3.71. The van der Waals surface area contributed by atoms with E-state index in [4.69, 9.17) is 11.6 Å². The van der Waals surface area contributed by atoms with E-state index in [1.54, 1.807) is 4.31 Å². The van der Waals surface area contributed by atoms with Crippen LogP contribution in [0.5, 0.6) is 0 Å². The molecule has 1 aromatic rings. The first-order valence-electron chi connectivity index (χ1n) is 7.54. The van der Waals surface area contributed by atoms with Crippen LogP contribution in [0.1, 0.15) is 46.0 Å². The van der Waals surface area contributed by atoms with Crippen molar-refractivity contribution in [2.24, 2.45) is 5.92 Å². The maximum absolute atomic E-state index is 13.0. The van der Waals surface area contributed by atoms with Crippen LogP contribution >= 0.6 is 11.6 Å². The van der Waals surface area contributed by atoms with Crippen LogP contribution in [0.4, 0.5) is 0 Å². The van der Waals surface area contributed by atoms with E-state index < -0.39 is 10.0 Å². The van der Waals surface area contributed by atoms with E-state index in [2.05, 4.69) is 18.8 Å². The highest BCUT2D eigenvalue weighted by atomic mass is 35.5. The Balaban J connectivity index is 2.32. The molecule has 4 nitrogen and oxygen atoms in total. The van der Waals surface area contributed by atoms with Crippen LogP contribution in [-0.4, -0.2) is 30.3 Å². The molecular weight excluding hydrogens is 308 g/mol. The Morgan fingerprint density at radius 1 is 1.38 bits per heavy atom. The number of aromatic nitrogens is 1. The average Bonchev–Trinajstić information content (AvgIpc) is 2.92. The van der Waals surface area contributed by atoms with Gasteiger partial charge in [-0.1, -0.05) is 38.3 Å². The summed E-state index contributed by atoms with van der Waals surface area (Å²) in [5.41, 5.74) is 0. The smallest absolute Gasteiger partial charge is 0.246 e. The van der Waals surface area contributed by atoms with Crippen LogP contribution in [0, 0.1) is 5.92 Å². The molecule has 0 radical (unpaired) electrons. The minimum Gasteiger partial charge on any atom is -0.263 e. The Morgan fingerprint density at radius 2 is 2.05 bits per heavy atom. The van der Waals surface area contributed by atoms with E-state index in [0.717, 1.165) is 32.1 Å². The van der Waals surface area contributed by atoms with Crippen LogP contribution in [0.15, 0.2) is 23.4 Å². The van der Waals surface area contributed by atoms with E-state index in [-0.39, 0.29) is 16.0 Å². The lowest BCUT2D eigenvalue weighted by atomic mass is 10.1. The Labute approximate surface area is 132 Å². The molecular formula is C15H23ClN2O2S. The summed E-state index contributed by atoms with van der Waals surface area (Å²) in [6.45, 7) is 4.77. The third-order valence-corrected chi connectivity index (χ3v) is 6.40. The minimum atomic E-state index is -3.57. The molecule has 1 heterocycles. The van der Waals surface area contributed by atoms with Gasteiger partial charge in [0.25, 0.3) is 0 Å². The lowest BCUT2D eigenvalue weighted by molar-refractivity contribution is 0.304. The molecule has 0 spiro atoms. The van der Waals surface area contributed by atoms with Crippen LogP contribution < -0.4 is 0 Å². The third kappa shape index (κ3) is 3.96. The second-order valence-electron chi connectivity index (χ2n) is 6.04. The summed E-state index contributed by atoms with van der Waals surface area (Å²) < 4.78 is 27.6. The summed E-state index contributed by atoms with van der Waals surface area (Å²) in [4.78, 5) is 4.05. The summed E-state index contributed by atoms with van der Waals surface area (Å²) in [6, 6.07) is 1.63. The summed E-state index contributed by atoms with van der Waals surface area (Å²) in [6.07, 6.45) is 7.79. The second kappa shape index (κ2) is 7.07. The molecule has 0 bridgehead atoms. The van der Waals surface area contributed by atoms with Crippen molar-refractivity contribution in [3.8, 4) is 0 Å². The van der Waals surface area contributed by atoms with Crippen LogP contribution in [0.3, 0.4) is 0 Å². The second-order valence-corrected chi connectivity index (χ2v) is 8.31. The number of rotatable bonds is 6. The fourth-order valence-electron chi connectivity index (χ4n) is 2.76. The third-order valence-electron chi connectivity index (χ3n) is 3.98. The zero-order valence-electron chi connectivity index (χ0n) is 12.6. The van der Waals surface area contributed by atoms with Gasteiger partial charge in [-0.05, 0) is 31.2 Å². The van der Waals surface area contributed by atoms with Gasteiger partial charge in [-0.2, -0.15) is 4.31 Å². The first-order valence-corrected chi connectivity index (χ1v) is 9.36. The molecule has 1 aromatic heterocycles. The number of hydrogen-bond donors (Lipinski definition) is 0. The first-order chi connectivity index (χ1) is 9.93. The fraction of sp³-hybridized carbons (Fsp3) is 0.667. The van der Waals surface area contributed by atoms with Crippen molar-refractivity contribution in [1.82, 2.24) is 9.29 Å². The molecule has 0 N–H and O–H groups in total. The van der Waals surface area contributed by atoms with E-state index in [1.165, 1.54) is 18.5 Å². The summed E-state index contributed by atoms with van der Waals surface area (Å²) in [7, 11) is -3.57. The highest BCUT2D eigenvalue weighted by Crippen LogP contribution is 2.31. The lowest BCUT2D eigenvalue weighted by Crippen LogP contribution is -2.40. The molecule has 0 unspecified atom stereocenters. The van der Waals surface area contributed by atoms with Gasteiger partial charge < -0.3 is 0 Å². The average molecular weight is 331 g/mol. The van der Waals surface area contributed by atoms with Crippen LogP contribution in [0.2, 0.25) is 5.02 Å². The predicted molar refractivity (Wildman–Crippen MR) is 84.8 cm³/mol. The summed E-state index contributed by atoms with van der Waals surface area (Å²) in [5.74, 6) is 0.466. The van der Waals surface area contributed by atoms with Gasteiger partial charge in [-0.15, -0.1) is 0 Å². The molecule has 6 heteroatoms. The molecule has 1 fully saturated rings. The SMILES string of the molecule is CC(C)CCN(C1CCCC1)S(=O)(=O)c1cnccc1Cl. The van der Waals surface area contributed by atoms with Crippen molar-refractivity contribution in [2.45, 2.75) is 56.9 Å². The number of halogens is 1. The molecule has 0 aliphatic heterocycles. The fourth-order valence-corrected chi connectivity index (χ4v) is 4.86. The molecule has 2 rings (SSSR count). The monoisotopic (exact) mass is 330 g/mol. The van der Waals surface area contributed by atoms with Crippen molar-refractivity contribution >= 4 is 21.6 Å². The first kappa shape index (κ1) is 16.7. The highest BCUT2D eigenvalue weighted by molar-refractivity contribution is 7.89. The number of sulfonamides is 1. The Hall–Kier alpha value is -0.650. The normalized spacial score (nSPS) is 17.0. The highest BCUT2D eigenvalue weighted by Gasteiger charge is 2.34. The zero-order valence-corrected chi connectivity index (χ0v) is 14.2. The Morgan fingerprint density at radius 3 is 2.62 bits per heavy atom. The largest absolute Gasteiger partial charge is 0.263 e. The minimum absolute atomic E-state index is 0.102. The lowest BCUT2D eigenvalue weighted by Gasteiger charge is -2.29. The molecule has 21 heavy (non-hydrogen) atoms. The van der Waals surface area contributed by atoms with Crippen LogP contribution in [-0.2, 0) is 10.0 Å². The van der Waals surface area contributed by atoms with E-state index in [9.17, 15) is 8.42 Å². The van der Waals surface area contributed by atoms with Crippen LogP contribution in [0.25, 0.3) is 0 Å². The summed E-state index contributed by atoms with van der Waals surface area (Å²) >= 11 is 6.08. The number of hydrogen-bond acceptors (Lipinski definition) is 3. The molecule has 0 atom stereocenters. The molecule has 0 amide bonds. The van der Waals surface area contributed by atoms with E-state index in [1.807, 2.05) is 0 Å². The van der Waals surface area contributed by atoms with Gasteiger partial charge in [0.2, 0.25) is 10.0 Å². The van der Waals surface area contributed by atoms with Gasteiger partial charge in [0.15, 0.2) is 0 Å². The Bertz CT molecular complexity index is 569. The maximum Gasteiger partial charge on any atom is 0.246 e. The number of pyridine rings is 1. The van der Waals surface area contributed by atoms with Crippen molar-refractivity contribution < 1.29 is 8.42 Å². The zero-order chi connectivity index (χ0) is 15.5. The topological polar surface area (TPSA) is 50.3 Å². The van der Waals surface area contributed by atoms with Crippen molar-refractivity contribution in [3.05, 3.63) is 23.5 Å². The maximum atomic E-state index is 13.0. The molecule has 1 aliphatic carbocycles. The van der Waals surface area contributed by atoms with Crippen molar-refractivity contribution in [2.75, 3.05) is 6.54 Å². The molecule has 1 aliphatic rings. The van der Waals surface area contributed by atoms with E-state index >= 15 is 0 Å². The number of nitrogens with zero attached hydrogens (tertiary/aromatic N) is 2. The van der Waals surface area contributed by atoms with Gasteiger partial charge in [-0.3, -0.25) is 4.98 Å². The van der Waals surface area contributed by atoms with Crippen molar-refractivity contribution in [1.29, 1.82) is 0 Å². The van der Waals surface area contributed by atoms with Gasteiger partial charge in [0, 0.05) is 25.0 Å². The standard InChI is InChI=1S/C15H23ClN2O2S/c1-12(2)8-10-18(13-5-3-4-6-13)21(19,20)15-11-17-9-7-14(15)16/h7,9,11-13H,3-6,8,10H2,1-2H3. The molecule has 1 saturated carbocycles. The van der Waals surface area contributed by atoms with Gasteiger partial charge >= 0.3 is 0 Å². The van der Waals surface area contributed by atoms with E-state index in [0.29, 0.717) is 12.5 Å². The molecule has 118 valence electrons. The quantitative estimate of drug-likeness (QED) is 0.798. The molecule has 0 aromatic carbocycles. The molecule has 0 saturated heterocycles. The van der Waals surface area contributed by atoms with Crippen molar-refractivity contribution in [3.63, 3.8) is 0 Å². The van der Waals surface area contributed by atoms with Gasteiger partial charge in [0.1, 0.15) is 4.90 Å². The van der Waals surface area contributed by atoms with Gasteiger partial charge in [0.05, 0.1) is 5.02 Å². The van der Waals surface area contributed by atoms with Gasteiger partial charge in [-0.25, -0.2) is 8.42 Å².